The second kappa shape index (κ2) is 7.43. The van der Waals surface area contributed by atoms with E-state index in [9.17, 15) is 19.2 Å². The predicted molar refractivity (Wildman–Crippen MR) is 90.6 cm³/mol. The average molecular weight is 344 g/mol. The molecular weight excluding hydrogens is 324 g/mol. The van der Waals surface area contributed by atoms with Crippen molar-refractivity contribution in [2.75, 3.05) is 31.1 Å². The number of amides is 3. The van der Waals surface area contributed by atoms with Gasteiger partial charge < -0.3 is 15.5 Å². The summed E-state index contributed by atoms with van der Waals surface area (Å²) < 4.78 is 0. The van der Waals surface area contributed by atoms with Gasteiger partial charge in [-0.3, -0.25) is 24.5 Å². The van der Waals surface area contributed by atoms with Gasteiger partial charge in [0.2, 0.25) is 11.8 Å². The van der Waals surface area contributed by atoms with E-state index >= 15 is 0 Å². The van der Waals surface area contributed by atoms with Gasteiger partial charge in [0.25, 0.3) is 5.91 Å². The Kier molecular flexibility index (Phi) is 5.08. The van der Waals surface area contributed by atoms with Gasteiger partial charge in [-0.25, -0.2) is 0 Å². The first kappa shape index (κ1) is 17.1. The molecule has 3 N–H and O–H groups in total. The second-order valence-corrected chi connectivity index (χ2v) is 6.10. The molecule has 132 valence electrons. The van der Waals surface area contributed by atoms with Crippen molar-refractivity contribution in [3.05, 3.63) is 29.3 Å². The molecule has 0 aliphatic carbocycles. The number of hydrogen-bond donors (Lipinski definition) is 3. The molecule has 3 rings (SSSR count). The van der Waals surface area contributed by atoms with Crippen molar-refractivity contribution in [1.29, 1.82) is 0 Å². The molecule has 8 nitrogen and oxygen atoms in total. The lowest BCUT2D eigenvalue weighted by atomic mass is 10.0. The fraction of sp³-hybridized carbons (Fsp3) is 0.412. The molecule has 2 aliphatic heterocycles. The smallest absolute Gasteiger partial charge is 0.252 e. The van der Waals surface area contributed by atoms with E-state index in [1.807, 2.05) is 6.07 Å². The third kappa shape index (κ3) is 3.85. The first-order valence-electron chi connectivity index (χ1n) is 8.28. The number of imide groups is 1. The highest BCUT2D eigenvalue weighted by Crippen LogP contribution is 2.20. The molecule has 0 saturated carbocycles. The normalized spacial score (nSPS) is 20.8. The van der Waals surface area contributed by atoms with Gasteiger partial charge in [-0.1, -0.05) is 0 Å². The van der Waals surface area contributed by atoms with Crippen LogP contribution in [-0.4, -0.2) is 56.2 Å². The molecule has 0 unspecified atom stereocenters. The van der Waals surface area contributed by atoms with E-state index in [4.69, 9.17) is 0 Å². The zero-order chi connectivity index (χ0) is 17.8. The highest BCUT2D eigenvalue weighted by molar-refractivity contribution is 6.06. The Labute approximate surface area is 144 Å². The lowest BCUT2D eigenvalue weighted by molar-refractivity contribution is -0.134. The molecule has 0 bridgehead atoms. The molecule has 0 aromatic heterocycles. The van der Waals surface area contributed by atoms with Crippen molar-refractivity contribution in [2.45, 2.75) is 18.9 Å². The minimum Gasteiger partial charge on any atom is -0.369 e. The van der Waals surface area contributed by atoms with E-state index in [0.29, 0.717) is 6.29 Å². The Hall–Kier alpha value is -2.74. The van der Waals surface area contributed by atoms with Crippen molar-refractivity contribution < 1.29 is 19.2 Å². The van der Waals surface area contributed by atoms with Crippen LogP contribution in [0.5, 0.6) is 0 Å². The number of carbonyl (C=O) groups excluding carboxylic acids is 4. The van der Waals surface area contributed by atoms with Gasteiger partial charge in [0.05, 0.1) is 5.56 Å². The van der Waals surface area contributed by atoms with Crippen LogP contribution in [0.25, 0.3) is 0 Å². The van der Waals surface area contributed by atoms with Gasteiger partial charge >= 0.3 is 0 Å². The summed E-state index contributed by atoms with van der Waals surface area (Å²) >= 11 is 0. The maximum atomic E-state index is 12.6. The van der Waals surface area contributed by atoms with E-state index < -0.39 is 17.9 Å². The molecule has 3 amide bonds. The molecule has 8 heteroatoms. The van der Waals surface area contributed by atoms with Crippen LogP contribution >= 0.6 is 0 Å². The Morgan fingerprint density at radius 3 is 2.68 bits per heavy atom. The topological polar surface area (TPSA) is 108 Å². The summed E-state index contributed by atoms with van der Waals surface area (Å²) in [5.74, 6) is -1.35. The van der Waals surface area contributed by atoms with E-state index in [-0.39, 0.29) is 29.9 Å². The van der Waals surface area contributed by atoms with E-state index in [2.05, 4.69) is 20.9 Å². The highest BCUT2D eigenvalue weighted by Gasteiger charge is 2.28. The average Bonchev–Trinajstić information content (AvgIpc) is 2.64. The molecule has 1 atom stereocenters. The predicted octanol–water partition coefficient (Wildman–Crippen LogP) is -0.556. The van der Waals surface area contributed by atoms with Crippen LogP contribution in [0.2, 0.25) is 0 Å². The van der Waals surface area contributed by atoms with Crippen LogP contribution in [0.1, 0.15) is 33.6 Å². The van der Waals surface area contributed by atoms with Crippen LogP contribution in [0.15, 0.2) is 18.2 Å². The number of nitrogens with zero attached hydrogens (tertiary/aromatic N) is 1. The van der Waals surface area contributed by atoms with Crippen LogP contribution in [-0.2, 0) is 9.59 Å². The summed E-state index contributed by atoms with van der Waals surface area (Å²) in [6.07, 6.45) is 1.06. The summed E-state index contributed by atoms with van der Waals surface area (Å²) in [4.78, 5) is 49.0. The summed E-state index contributed by atoms with van der Waals surface area (Å²) in [7, 11) is 0. The molecule has 1 aromatic carbocycles. The Balaban J connectivity index is 1.79. The zero-order valence-corrected chi connectivity index (χ0v) is 13.7. The second-order valence-electron chi connectivity index (χ2n) is 6.10. The molecule has 2 heterocycles. The number of piperazine rings is 1. The number of benzene rings is 1. The zero-order valence-electron chi connectivity index (χ0n) is 13.7. The van der Waals surface area contributed by atoms with Gasteiger partial charge in [0.1, 0.15) is 6.04 Å². The summed E-state index contributed by atoms with van der Waals surface area (Å²) in [5.41, 5.74) is 1.36. The molecule has 25 heavy (non-hydrogen) atoms. The summed E-state index contributed by atoms with van der Waals surface area (Å²) in [6, 6.07) is 4.34. The first-order valence-corrected chi connectivity index (χ1v) is 8.28. The fourth-order valence-electron chi connectivity index (χ4n) is 3.03. The van der Waals surface area contributed by atoms with E-state index in [1.165, 1.54) is 0 Å². The number of rotatable bonds is 4. The molecule has 2 fully saturated rings. The maximum absolute atomic E-state index is 12.6. The minimum atomic E-state index is -0.771. The number of piperidine rings is 1. The lowest BCUT2D eigenvalue weighted by Gasteiger charge is -2.30. The van der Waals surface area contributed by atoms with Gasteiger partial charge in [0.15, 0.2) is 6.29 Å². The third-order valence-electron chi connectivity index (χ3n) is 4.44. The Morgan fingerprint density at radius 2 is 2.00 bits per heavy atom. The van der Waals surface area contributed by atoms with Crippen LogP contribution in [0, 0.1) is 0 Å². The number of carbonyl (C=O) groups is 4. The van der Waals surface area contributed by atoms with Gasteiger partial charge in [-0.15, -0.1) is 0 Å². The monoisotopic (exact) mass is 344 g/mol. The van der Waals surface area contributed by atoms with Crippen LogP contribution in [0.4, 0.5) is 5.69 Å². The quantitative estimate of drug-likeness (QED) is 0.499. The summed E-state index contributed by atoms with van der Waals surface area (Å²) in [5, 5.41) is 8.08. The molecule has 0 spiro atoms. The maximum Gasteiger partial charge on any atom is 0.252 e. The molecule has 2 aliphatic rings. The molecular formula is C17H20N4O4. The molecule has 1 aromatic rings. The van der Waals surface area contributed by atoms with Gasteiger partial charge in [-0.05, 0) is 24.6 Å². The standard InChI is InChI=1S/C17H20N4O4/c22-10-11-1-2-12(21-7-5-18-6-8-21)9-13(11)16(24)19-14-3-4-15(23)20-17(14)25/h1-2,9-10,14,18H,3-8H2,(H,19,24)(H,20,23,25)/t14-/m0/s1. The van der Waals surface area contributed by atoms with Gasteiger partial charge in [0, 0.05) is 43.9 Å². The summed E-state index contributed by atoms with van der Waals surface area (Å²) in [6.45, 7) is 3.34. The molecule has 0 radical (unpaired) electrons. The number of hydrogen-bond acceptors (Lipinski definition) is 6. The minimum absolute atomic E-state index is 0.179. The van der Waals surface area contributed by atoms with Crippen molar-refractivity contribution in [3.8, 4) is 0 Å². The van der Waals surface area contributed by atoms with Crippen LogP contribution < -0.4 is 20.9 Å². The van der Waals surface area contributed by atoms with E-state index in [0.717, 1.165) is 31.9 Å². The number of aldehydes is 1. The van der Waals surface area contributed by atoms with Crippen LogP contribution in [0.3, 0.4) is 0 Å². The number of anilines is 1. The first-order chi connectivity index (χ1) is 12.1. The van der Waals surface area contributed by atoms with E-state index in [1.54, 1.807) is 12.1 Å². The Bertz CT molecular complexity index is 713. The van der Waals surface area contributed by atoms with Crippen molar-refractivity contribution in [1.82, 2.24) is 16.0 Å². The number of nitrogens with one attached hydrogen (secondary N) is 3. The molecule has 2 saturated heterocycles. The van der Waals surface area contributed by atoms with Crippen molar-refractivity contribution in [3.63, 3.8) is 0 Å². The largest absolute Gasteiger partial charge is 0.369 e. The van der Waals surface area contributed by atoms with Crippen molar-refractivity contribution >= 4 is 29.7 Å². The fourth-order valence-corrected chi connectivity index (χ4v) is 3.03. The Morgan fingerprint density at radius 1 is 1.24 bits per heavy atom. The lowest BCUT2D eigenvalue weighted by Crippen LogP contribution is -2.52. The van der Waals surface area contributed by atoms with Gasteiger partial charge in [-0.2, -0.15) is 0 Å². The van der Waals surface area contributed by atoms with Crippen molar-refractivity contribution in [2.24, 2.45) is 0 Å². The third-order valence-corrected chi connectivity index (χ3v) is 4.44. The SMILES string of the molecule is O=Cc1ccc(N2CCNCC2)cc1C(=O)N[C@H]1CCC(=O)NC1=O. The highest BCUT2D eigenvalue weighted by atomic mass is 16.2.